The first-order valence-corrected chi connectivity index (χ1v) is 3.12. The number of rotatable bonds is 4. The minimum Gasteiger partial charge on any atom is -0.396 e. The van der Waals surface area contributed by atoms with Gasteiger partial charge in [0, 0.05) is 12.5 Å². The number of allylic oxidation sites excluding steroid dienone is 1. The van der Waals surface area contributed by atoms with E-state index < -0.39 is 6.10 Å². The predicted molar refractivity (Wildman–Crippen MR) is 37.1 cm³/mol. The fourth-order valence-electron chi connectivity index (χ4n) is 0.638. The second kappa shape index (κ2) is 4.53. The monoisotopic (exact) mass is 130 g/mol. The lowest BCUT2D eigenvalue weighted by molar-refractivity contribution is 0.0826. The molecule has 0 aromatic rings. The van der Waals surface area contributed by atoms with Crippen molar-refractivity contribution >= 4 is 0 Å². The van der Waals surface area contributed by atoms with Crippen molar-refractivity contribution in [2.75, 3.05) is 6.61 Å². The summed E-state index contributed by atoms with van der Waals surface area (Å²) in [4.78, 5) is 0. The van der Waals surface area contributed by atoms with Gasteiger partial charge in [0.2, 0.25) is 0 Å². The third-order valence-corrected chi connectivity index (χ3v) is 1.39. The smallest absolute Gasteiger partial charge is 0.0565 e. The van der Waals surface area contributed by atoms with Gasteiger partial charge in [-0.1, -0.05) is 6.08 Å². The van der Waals surface area contributed by atoms with E-state index in [1.165, 1.54) is 0 Å². The molecular formula is C7H14O2. The molecule has 0 radical (unpaired) electrons. The van der Waals surface area contributed by atoms with Crippen molar-refractivity contribution < 1.29 is 10.2 Å². The minimum atomic E-state index is -0.437. The Labute approximate surface area is 55.8 Å². The Morgan fingerprint density at radius 2 is 2.22 bits per heavy atom. The lowest BCUT2D eigenvalue weighted by Crippen LogP contribution is -2.19. The van der Waals surface area contributed by atoms with Gasteiger partial charge in [0.15, 0.2) is 0 Å². The second-order valence-corrected chi connectivity index (χ2v) is 2.21. The van der Waals surface area contributed by atoms with Crippen LogP contribution in [0.1, 0.15) is 13.3 Å². The van der Waals surface area contributed by atoms with Crippen molar-refractivity contribution in [3.8, 4) is 0 Å². The van der Waals surface area contributed by atoms with Crippen molar-refractivity contribution in [1.29, 1.82) is 0 Å². The summed E-state index contributed by atoms with van der Waals surface area (Å²) in [5.74, 6) is -0.0394. The Balaban J connectivity index is 3.53. The highest BCUT2D eigenvalue weighted by molar-refractivity contribution is 4.75. The van der Waals surface area contributed by atoms with Crippen LogP contribution in [-0.4, -0.2) is 22.9 Å². The number of hydrogen-bond acceptors (Lipinski definition) is 2. The maximum atomic E-state index is 8.94. The second-order valence-electron chi connectivity index (χ2n) is 2.21. The van der Waals surface area contributed by atoms with E-state index in [2.05, 4.69) is 6.58 Å². The highest BCUT2D eigenvalue weighted by Gasteiger charge is 2.10. The average Bonchev–Trinajstić information content (AvgIpc) is 1.82. The zero-order valence-electron chi connectivity index (χ0n) is 5.75. The van der Waals surface area contributed by atoms with Gasteiger partial charge < -0.3 is 10.2 Å². The molecule has 0 aromatic carbocycles. The third-order valence-electron chi connectivity index (χ3n) is 1.39. The van der Waals surface area contributed by atoms with Gasteiger partial charge in [-0.25, -0.2) is 0 Å². The minimum absolute atomic E-state index is 0.0314. The lowest BCUT2D eigenvalue weighted by Gasteiger charge is -2.13. The van der Waals surface area contributed by atoms with E-state index in [1.807, 2.05) is 0 Å². The van der Waals surface area contributed by atoms with Crippen molar-refractivity contribution in [2.24, 2.45) is 5.92 Å². The molecule has 0 aromatic heterocycles. The fourth-order valence-corrected chi connectivity index (χ4v) is 0.638. The summed E-state index contributed by atoms with van der Waals surface area (Å²) in [5.41, 5.74) is 0. The van der Waals surface area contributed by atoms with E-state index in [4.69, 9.17) is 10.2 Å². The molecule has 9 heavy (non-hydrogen) atoms. The van der Waals surface area contributed by atoms with Gasteiger partial charge >= 0.3 is 0 Å². The van der Waals surface area contributed by atoms with E-state index in [0.717, 1.165) is 0 Å². The van der Waals surface area contributed by atoms with Crippen LogP contribution in [0.4, 0.5) is 0 Å². The van der Waals surface area contributed by atoms with Gasteiger partial charge in [-0.05, 0) is 13.3 Å². The molecule has 54 valence electrons. The van der Waals surface area contributed by atoms with Crippen LogP contribution in [0.3, 0.4) is 0 Å². The molecule has 0 heterocycles. The van der Waals surface area contributed by atoms with Crippen LogP contribution in [-0.2, 0) is 0 Å². The molecule has 0 bridgehead atoms. The van der Waals surface area contributed by atoms with E-state index in [0.29, 0.717) is 6.42 Å². The van der Waals surface area contributed by atoms with Crippen LogP contribution < -0.4 is 0 Å². The van der Waals surface area contributed by atoms with Gasteiger partial charge in [-0.2, -0.15) is 0 Å². The van der Waals surface area contributed by atoms with Gasteiger partial charge in [0.05, 0.1) is 6.10 Å². The summed E-state index contributed by atoms with van der Waals surface area (Å²) in [7, 11) is 0. The van der Waals surface area contributed by atoms with Gasteiger partial charge in [-0.15, -0.1) is 6.58 Å². The van der Waals surface area contributed by atoms with Crippen LogP contribution in [0.15, 0.2) is 12.7 Å². The van der Waals surface area contributed by atoms with Crippen LogP contribution in [0, 0.1) is 5.92 Å². The fraction of sp³-hybridized carbons (Fsp3) is 0.714. The zero-order chi connectivity index (χ0) is 7.28. The van der Waals surface area contributed by atoms with Gasteiger partial charge in [0.1, 0.15) is 0 Å². The summed E-state index contributed by atoms with van der Waals surface area (Å²) in [6.45, 7) is 5.21. The van der Waals surface area contributed by atoms with Crippen molar-refractivity contribution in [1.82, 2.24) is 0 Å². The van der Waals surface area contributed by atoms with Crippen molar-refractivity contribution in [3.63, 3.8) is 0 Å². The van der Waals surface area contributed by atoms with Gasteiger partial charge in [-0.3, -0.25) is 0 Å². The lowest BCUT2D eigenvalue weighted by atomic mass is 10.0. The molecule has 0 aliphatic carbocycles. The van der Waals surface area contributed by atoms with E-state index in [1.54, 1.807) is 13.0 Å². The molecular weight excluding hydrogens is 116 g/mol. The quantitative estimate of drug-likeness (QED) is 0.546. The third kappa shape index (κ3) is 3.27. The van der Waals surface area contributed by atoms with Crippen molar-refractivity contribution in [2.45, 2.75) is 19.4 Å². The Morgan fingerprint density at radius 1 is 1.67 bits per heavy atom. The highest BCUT2D eigenvalue weighted by atomic mass is 16.3. The van der Waals surface area contributed by atoms with Crippen molar-refractivity contribution in [3.05, 3.63) is 12.7 Å². The predicted octanol–water partition coefficient (Wildman–Crippen LogP) is 0.552. The number of hydrogen-bond donors (Lipinski definition) is 2. The summed E-state index contributed by atoms with van der Waals surface area (Å²) < 4.78 is 0. The molecule has 0 saturated carbocycles. The SMILES string of the molecule is C=CC[C@H](CO)[C@H](C)O. The summed E-state index contributed by atoms with van der Waals surface area (Å²) in [5, 5.41) is 17.6. The summed E-state index contributed by atoms with van der Waals surface area (Å²) in [6.07, 6.45) is 1.94. The molecule has 0 spiro atoms. The molecule has 0 aliphatic heterocycles. The summed E-state index contributed by atoms with van der Waals surface area (Å²) >= 11 is 0. The molecule has 2 nitrogen and oxygen atoms in total. The van der Waals surface area contributed by atoms with E-state index in [-0.39, 0.29) is 12.5 Å². The molecule has 2 atom stereocenters. The molecule has 0 fully saturated rings. The first kappa shape index (κ1) is 8.66. The molecule has 0 aliphatic rings. The molecule has 0 unspecified atom stereocenters. The zero-order valence-corrected chi connectivity index (χ0v) is 5.75. The summed E-state index contributed by atoms with van der Waals surface area (Å²) in [6, 6.07) is 0. The molecule has 2 N–H and O–H groups in total. The molecule has 0 rings (SSSR count). The first-order chi connectivity index (χ1) is 4.22. The van der Waals surface area contributed by atoms with Crippen LogP contribution in [0.5, 0.6) is 0 Å². The number of aliphatic hydroxyl groups is 2. The Kier molecular flexibility index (Phi) is 4.36. The normalized spacial score (nSPS) is 16.8. The number of aliphatic hydroxyl groups excluding tert-OH is 2. The van der Waals surface area contributed by atoms with Crippen LogP contribution in [0.25, 0.3) is 0 Å². The average molecular weight is 130 g/mol. The molecule has 2 heteroatoms. The van der Waals surface area contributed by atoms with Gasteiger partial charge in [0.25, 0.3) is 0 Å². The maximum absolute atomic E-state index is 8.94. The molecule has 0 saturated heterocycles. The maximum Gasteiger partial charge on any atom is 0.0565 e. The van der Waals surface area contributed by atoms with E-state index in [9.17, 15) is 0 Å². The Morgan fingerprint density at radius 3 is 2.33 bits per heavy atom. The highest BCUT2D eigenvalue weighted by Crippen LogP contribution is 2.07. The first-order valence-electron chi connectivity index (χ1n) is 3.12. The van der Waals surface area contributed by atoms with Crippen LogP contribution in [0.2, 0.25) is 0 Å². The Hall–Kier alpha value is -0.340. The standard InChI is InChI=1S/C7H14O2/c1-3-4-7(5-8)6(2)9/h3,6-9H,1,4-5H2,2H3/t6-,7+/m0/s1. The molecule has 0 amide bonds. The van der Waals surface area contributed by atoms with E-state index >= 15 is 0 Å². The Bertz CT molecular complexity index is 79.0. The van der Waals surface area contributed by atoms with Crippen LogP contribution >= 0.6 is 0 Å². The largest absolute Gasteiger partial charge is 0.396 e. The topological polar surface area (TPSA) is 40.5 Å².